The fourth-order valence-corrected chi connectivity index (χ4v) is 3.73. The third-order valence-corrected chi connectivity index (χ3v) is 5.09. The molecule has 122 valence electrons. The molecular weight excluding hydrogens is 414 g/mol. The molecule has 0 aromatic heterocycles. The fourth-order valence-electron chi connectivity index (χ4n) is 2.20. The number of thioether (sulfide) groups is 1. The first kappa shape index (κ1) is 17.1. The largest absolute Gasteiger partial charge is 0.496 e. The number of ether oxygens (including phenoxy) is 1. The number of carbonyl (C=O) groups is 2. The number of methoxy groups -OCH3 is 1. The second-order valence-electron chi connectivity index (χ2n) is 4.89. The van der Waals surface area contributed by atoms with E-state index in [9.17, 15) is 9.59 Å². The van der Waals surface area contributed by atoms with Crippen molar-refractivity contribution in [1.29, 1.82) is 0 Å². The highest BCUT2D eigenvalue weighted by atomic mass is 79.9. The van der Waals surface area contributed by atoms with Crippen LogP contribution in [0.3, 0.4) is 0 Å². The van der Waals surface area contributed by atoms with Crippen LogP contribution < -0.4 is 9.64 Å². The molecule has 1 aliphatic rings. The van der Waals surface area contributed by atoms with Gasteiger partial charge in [-0.15, -0.1) is 0 Å². The maximum Gasteiger partial charge on any atom is 0.298 e. The van der Waals surface area contributed by atoms with Crippen molar-refractivity contribution in [2.45, 2.75) is 0 Å². The zero-order valence-electron chi connectivity index (χ0n) is 12.5. The Kier molecular flexibility index (Phi) is 4.99. The van der Waals surface area contributed by atoms with Gasteiger partial charge in [-0.2, -0.15) is 0 Å². The first-order valence-electron chi connectivity index (χ1n) is 6.86. The summed E-state index contributed by atoms with van der Waals surface area (Å²) in [4.78, 5) is 26.3. The molecule has 1 saturated heterocycles. The van der Waals surface area contributed by atoms with E-state index in [1.54, 1.807) is 43.5 Å². The van der Waals surface area contributed by atoms with Gasteiger partial charge in [0.05, 0.1) is 22.2 Å². The van der Waals surface area contributed by atoms with Gasteiger partial charge in [0.15, 0.2) is 0 Å². The van der Waals surface area contributed by atoms with Gasteiger partial charge in [0.1, 0.15) is 5.75 Å². The van der Waals surface area contributed by atoms with Crippen LogP contribution in [-0.2, 0) is 4.79 Å². The minimum Gasteiger partial charge on any atom is -0.496 e. The van der Waals surface area contributed by atoms with Crippen molar-refractivity contribution < 1.29 is 14.3 Å². The molecule has 1 fully saturated rings. The van der Waals surface area contributed by atoms with E-state index < -0.39 is 0 Å². The molecule has 2 aromatic rings. The lowest BCUT2D eigenvalue weighted by atomic mass is 10.2. The second-order valence-corrected chi connectivity index (χ2v) is 7.17. The second kappa shape index (κ2) is 7.01. The number of anilines is 1. The van der Waals surface area contributed by atoms with E-state index in [4.69, 9.17) is 16.3 Å². The molecule has 4 nitrogen and oxygen atoms in total. The van der Waals surface area contributed by atoms with Crippen LogP contribution in [0.5, 0.6) is 5.75 Å². The molecule has 0 radical (unpaired) electrons. The van der Waals surface area contributed by atoms with Crippen LogP contribution in [0, 0.1) is 0 Å². The van der Waals surface area contributed by atoms with Crippen LogP contribution >= 0.6 is 39.3 Å². The molecule has 1 aliphatic heterocycles. The fraction of sp³-hybridized carbons (Fsp3) is 0.0588. The van der Waals surface area contributed by atoms with Crippen molar-refractivity contribution in [1.82, 2.24) is 0 Å². The van der Waals surface area contributed by atoms with Crippen LogP contribution in [0.25, 0.3) is 6.08 Å². The van der Waals surface area contributed by atoms with Crippen molar-refractivity contribution >= 4 is 62.2 Å². The van der Waals surface area contributed by atoms with Crippen molar-refractivity contribution in [3.8, 4) is 5.75 Å². The minimum atomic E-state index is -0.348. The Labute approximate surface area is 156 Å². The molecule has 24 heavy (non-hydrogen) atoms. The van der Waals surface area contributed by atoms with Crippen molar-refractivity contribution in [2.24, 2.45) is 0 Å². The number of hydrogen-bond donors (Lipinski definition) is 0. The summed E-state index contributed by atoms with van der Waals surface area (Å²) in [7, 11) is 1.58. The van der Waals surface area contributed by atoms with E-state index >= 15 is 0 Å². The highest BCUT2D eigenvalue weighted by Crippen LogP contribution is 2.36. The monoisotopic (exact) mass is 423 g/mol. The van der Waals surface area contributed by atoms with Crippen molar-refractivity contribution in [3.05, 3.63) is 62.4 Å². The van der Waals surface area contributed by atoms with Gasteiger partial charge in [-0.05, 0) is 75.7 Å². The standard InChI is InChI=1S/C17H11BrClNO3S/c1-23-14-7-2-10(8-13(14)18)9-15-16(21)20(17(22)24-15)12-5-3-11(19)4-6-12/h2-9H,1H3/b15-9+. The van der Waals surface area contributed by atoms with Crippen LogP contribution in [0.15, 0.2) is 51.8 Å². The first-order valence-corrected chi connectivity index (χ1v) is 8.85. The summed E-state index contributed by atoms with van der Waals surface area (Å²) < 4.78 is 5.95. The first-order chi connectivity index (χ1) is 11.5. The number of halogens is 2. The number of amides is 2. The molecule has 0 N–H and O–H groups in total. The minimum absolute atomic E-state index is 0.332. The molecule has 1 heterocycles. The third kappa shape index (κ3) is 3.36. The number of nitrogens with zero attached hydrogens (tertiary/aromatic N) is 1. The molecule has 0 atom stereocenters. The Balaban J connectivity index is 1.90. The number of carbonyl (C=O) groups excluding carboxylic acids is 2. The Hall–Kier alpha value is -1.76. The lowest BCUT2D eigenvalue weighted by molar-refractivity contribution is -0.113. The zero-order valence-corrected chi connectivity index (χ0v) is 15.6. The number of benzene rings is 2. The topological polar surface area (TPSA) is 46.6 Å². The highest BCUT2D eigenvalue weighted by molar-refractivity contribution is 9.10. The van der Waals surface area contributed by atoms with Crippen molar-refractivity contribution in [2.75, 3.05) is 12.0 Å². The average molecular weight is 425 g/mol. The van der Waals surface area contributed by atoms with E-state index in [1.165, 1.54) is 0 Å². The van der Waals surface area contributed by atoms with E-state index in [1.807, 2.05) is 12.1 Å². The van der Waals surface area contributed by atoms with E-state index in [0.717, 1.165) is 26.7 Å². The summed E-state index contributed by atoms with van der Waals surface area (Å²) in [6, 6.07) is 12.0. The Bertz CT molecular complexity index is 851. The Morgan fingerprint density at radius 3 is 2.50 bits per heavy atom. The smallest absolute Gasteiger partial charge is 0.298 e. The van der Waals surface area contributed by atoms with Gasteiger partial charge in [-0.1, -0.05) is 17.7 Å². The summed E-state index contributed by atoms with van der Waals surface area (Å²) >= 11 is 10.2. The summed E-state index contributed by atoms with van der Waals surface area (Å²) in [5.41, 5.74) is 1.30. The summed E-state index contributed by atoms with van der Waals surface area (Å²) in [5, 5.41) is 0.213. The maximum atomic E-state index is 12.6. The lowest BCUT2D eigenvalue weighted by Gasteiger charge is -2.12. The number of hydrogen-bond acceptors (Lipinski definition) is 4. The van der Waals surface area contributed by atoms with Crippen LogP contribution in [-0.4, -0.2) is 18.3 Å². The van der Waals surface area contributed by atoms with Gasteiger partial charge < -0.3 is 4.74 Å². The van der Waals surface area contributed by atoms with E-state index in [2.05, 4.69) is 15.9 Å². The molecule has 2 amide bonds. The van der Waals surface area contributed by atoms with Gasteiger partial charge in [0.2, 0.25) is 0 Å². The predicted octanol–water partition coefficient (Wildman–Crippen LogP) is 5.35. The van der Waals surface area contributed by atoms with E-state index in [-0.39, 0.29) is 11.1 Å². The maximum absolute atomic E-state index is 12.6. The Morgan fingerprint density at radius 2 is 1.88 bits per heavy atom. The molecule has 2 aromatic carbocycles. The normalized spacial score (nSPS) is 16.1. The molecule has 0 saturated carbocycles. The van der Waals surface area contributed by atoms with Gasteiger partial charge in [0.25, 0.3) is 11.1 Å². The quantitative estimate of drug-likeness (QED) is 0.623. The lowest BCUT2D eigenvalue weighted by Crippen LogP contribution is -2.27. The summed E-state index contributed by atoms with van der Waals surface area (Å²) in [6.07, 6.45) is 1.69. The average Bonchev–Trinajstić information content (AvgIpc) is 2.83. The van der Waals surface area contributed by atoms with E-state index in [0.29, 0.717) is 21.4 Å². The summed E-state index contributed by atoms with van der Waals surface area (Å²) in [5.74, 6) is 0.348. The third-order valence-electron chi connectivity index (χ3n) is 3.35. The van der Waals surface area contributed by atoms with Crippen LogP contribution in [0.4, 0.5) is 10.5 Å². The van der Waals surface area contributed by atoms with Crippen LogP contribution in [0.1, 0.15) is 5.56 Å². The molecule has 0 aliphatic carbocycles. The van der Waals surface area contributed by atoms with Crippen LogP contribution in [0.2, 0.25) is 5.02 Å². The molecule has 3 rings (SSSR count). The van der Waals surface area contributed by atoms with Gasteiger partial charge >= 0.3 is 0 Å². The van der Waals surface area contributed by atoms with Gasteiger partial charge in [-0.3, -0.25) is 9.59 Å². The summed E-state index contributed by atoms with van der Waals surface area (Å²) in [6.45, 7) is 0. The zero-order chi connectivity index (χ0) is 17.3. The molecule has 7 heteroatoms. The Morgan fingerprint density at radius 1 is 1.17 bits per heavy atom. The molecular formula is C17H11BrClNO3S. The predicted molar refractivity (Wildman–Crippen MR) is 101 cm³/mol. The van der Waals surface area contributed by atoms with Crippen molar-refractivity contribution in [3.63, 3.8) is 0 Å². The highest BCUT2D eigenvalue weighted by Gasteiger charge is 2.36. The number of rotatable bonds is 3. The SMILES string of the molecule is COc1ccc(/C=C2/SC(=O)N(c3ccc(Cl)cc3)C2=O)cc1Br. The van der Waals surface area contributed by atoms with Gasteiger partial charge in [-0.25, -0.2) is 4.90 Å². The number of imide groups is 1. The molecule has 0 unspecified atom stereocenters. The van der Waals surface area contributed by atoms with Gasteiger partial charge in [0, 0.05) is 5.02 Å². The molecule has 0 spiro atoms. The molecule has 0 bridgehead atoms.